The molecule has 2 rings (SSSR count). The zero-order valence-corrected chi connectivity index (χ0v) is 13.3. The molecule has 0 saturated carbocycles. The Morgan fingerprint density at radius 1 is 1.38 bits per heavy atom. The van der Waals surface area contributed by atoms with Crippen molar-refractivity contribution in [2.45, 2.75) is 24.9 Å². The summed E-state index contributed by atoms with van der Waals surface area (Å²) in [5.41, 5.74) is 0.344. The summed E-state index contributed by atoms with van der Waals surface area (Å²) in [6.45, 7) is 1.34. The first kappa shape index (κ1) is 18.5. The monoisotopic (exact) mass is 349 g/mol. The molecule has 1 N–H and O–H groups in total. The zero-order valence-electron chi connectivity index (χ0n) is 13.3. The molecule has 1 saturated heterocycles. The van der Waals surface area contributed by atoms with E-state index in [0.717, 1.165) is 5.06 Å². The van der Waals surface area contributed by atoms with Crippen LogP contribution in [0.4, 0.5) is 13.2 Å². The lowest BCUT2D eigenvalue weighted by Gasteiger charge is -2.29. The lowest BCUT2D eigenvalue weighted by atomic mass is 9.87. The standard InChI is InChI=1S/C15H18F3NO5/c1-4-23-13(20)11-12(9-5-7-10(22-3)8-6-9)19(2)24-14(11,21)15(16,17)18/h5-8,11-12,21H,4H2,1-3H3/t11-,12-,14+/m0/s1. The van der Waals surface area contributed by atoms with Gasteiger partial charge in [0.2, 0.25) is 0 Å². The number of halogens is 3. The van der Waals surface area contributed by atoms with Gasteiger partial charge < -0.3 is 14.6 Å². The lowest BCUT2D eigenvalue weighted by molar-refractivity contribution is -0.400. The maximum Gasteiger partial charge on any atom is 0.445 e. The van der Waals surface area contributed by atoms with Crippen LogP contribution in [0.3, 0.4) is 0 Å². The maximum atomic E-state index is 13.3. The molecule has 24 heavy (non-hydrogen) atoms. The number of nitrogens with zero attached hydrogens (tertiary/aromatic N) is 1. The SMILES string of the molecule is CCOC(=O)[C@@H]1[C@H](c2ccc(OC)cc2)N(C)O[C@@]1(O)C(F)(F)F. The van der Waals surface area contributed by atoms with E-state index in [1.165, 1.54) is 45.3 Å². The molecule has 0 spiro atoms. The molecule has 0 aliphatic carbocycles. The largest absolute Gasteiger partial charge is 0.497 e. The second-order valence-corrected chi connectivity index (χ2v) is 5.28. The molecule has 0 radical (unpaired) electrons. The minimum absolute atomic E-state index is 0.123. The van der Waals surface area contributed by atoms with Crippen molar-refractivity contribution >= 4 is 5.97 Å². The van der Waals surface area contributed by atoms with Crippen LogP contribution >= 0.6 is 0 Å². The Morgan fingerprint density at radius 3 is 2.42 bits per heavy atom. The van der Waals surface area contributed by atoms with E-state index < -0.39 is 29.9 Å². The van der Waals surface area contributed by atoms with E-state index in [1.54, 1.807) is 0 Å². The van der Waals surface area contributed by atoms with Gasteiger partial charge in [0.15, 0.2) is 0 Å². The van der Waals surface area contributed by atoms with Gasteiger partial charge in [-0.2, -0.15) is 18.2 Å². The quantitative estimate of drug-likeness (QED) is 0.839. The number of carbonyl (C=O) groups is 1. The highest BCUT2D eigenvalue weighted by atomic mass is 19.4. The topological polar surface area (TPSA) is 68.2 Å². The second-order valence-electron chi connectivity index (χ2n) is 5.28. The Kier molecular flexibility index (Phi) is 5.07. The number of benzene rings is 1. The highest BCUT2D eigenvalue weighted by Gasteiger charge is 2.71. The molecule has 6 nitrogen and oxygen atoms in total. The zero-order chi connectivity index (χ0) is 18.1. The fraction of sp³-hybridized carbons (Fsp3) is 0.533. The average molecular weight is 349 g/mol. The van der Waals surface area contributed by atoms with E-state index in [4.69, 9.17) is 9.47 Å². The Morgan fingerprint density at radius 2 is 1.96 bits per heavy atom. The molecule has 3 atom stereocenters. The van der Waals surface area contributed by atoms with Crippen LogP contribution in [0.5, 0.6) is 5.75 Å². The number of hydroxylamine groups is 2. The van der Waals surface area contributed by atoms with Crippen LogP contribution in [0, 0.1) is 5.92 Å². The van der Waals surface area contributed by atoms with E-state index in [-0.39, 0.29) is 6.61 Å². The molecule has 1 heterocycles. The molecule has 0 amide bonds. The van der Waals surface area contributed by atoms with E-state index >= 15 is 0 Å². The first-order chi connectivity index (χ1) is 11.2. The van der Waals surface area contributed by atoms with Crippen LogP contribution in [0.15, 0.2) is 24.3 Å². The molecule has 1 aliphatic rings. The second kappa shape index (κ2) is 6.58. The van der Waals surface area contributed by atoms with Gasteiger partial charge in [-0.25, -0.2) is 0 Å². The normalized spacial score (nSPS) is 28.0. The summed E-state index contributed by atoms with van der Waals surface area (Å²) < 4.78 is 49.8. The Bertz CT molecular complexity index is 592. The van der Waals surface area contributed by atoms with Gasteiger partial charge in [0, 0.05) is 7.05 Å². The summed E-state index contributed by atoms with van der Waals surface area (Å²) in [4.78, 5) is 16.8. The molecule has 1 aromatic carbocycles. The van der Waals surface area contributed by atoms with Gasteiger partial charge in [-0.05, 0) is 24.6 Å². The number of methoxy groups -OCH3 is 1. The molecular weight excluding hydrogens is 331 g/mol. The Hall–Kier alpha value is -1.84. The van der Waals surface area contributed by atoms with Crippen LogP contribution < -0.4 is 4.74 Å². The maximum absolute atomic E-state index is 13.3. The number of hydrogen-bond donors (Lipinski definition) is 1. The summed E-state index contributed by atoms with van der Waals surface area (Å²) >= 11 is 0. The first-order valence-electron chi connectivity index (χ1n) is 7.17. The molecule has 134 valence electrons. The molecule has 0 unspecified atom stereocenters. The van der Waals surface area contributed by atoms with Gasteiger partial charge in [0.05, 0.1) is 19.8 Å². The number of alkyl halides is 3. The van der Waals surface area contributed by atoms with Gasteiger partial charge in [-0.3, -0.25) is 9.63 Å². The predicted molar refractivity (Wildman–Crippen MR) is 75.7 cm³/mol. The molecule has 1 aromatic rings. The number of aliphatic hydroxyl groups is 1. The van der Waals surface area contributed by atoms with Gasteiger partial charge in [-0.15, -0.1) is 0 Å². The highest BCUT2D eigenvalue weighted by Crippen LogP contribution is 2.51. The smallest absolute Gasteiger partial charge is 0.445 e. The van der Waals surface area contributed by atoms with Crippen molar-refractivity contribution in [1.29, 1.82) is 0 Å². The van der Waals surface area contributed by atoms with Gasteiger partial charge >= 0.3 is 12.1 Å². The number of esters is 1. The molecule has 9 heteroatoms. The summed E-state index contributed by atoms with van der Waals surface area (Å²) in [5.74, 6) is -6.35. The molecular formula is C15H18F3NO5. The molecule has 1 fully saturated rings. The molecule has 1 aliphatic heterocycles. The van der Waals surface area contributed by atoms with E-state index in [0.29, 0.717) is 11.3 Å². The number of carbonyl (C=O) groups excluding carboxylic acids is 1. The summed E-state index contributed by atoms with van der Waals surface area (Å²) in [6, 6.07) is 4.89. The number of hydrogen-bond acceptors (Lipinski definition) is 6. The van der Waals surface area contributed by atoms with Crippen LogP contribution in [-0.4, -0.2) is 48.9 Å². The van der Waals surface area contributed by atoms with Crippen molar-refractivity contribution < 1.29 is 37.4 Å². The van der Waals surface area contributed by atoms with Crippen molar-refractivity contribution in [3.05, 3.63) is 29.8 Å². The van der Waals surface area contributed by atoms with Crippen molar-refractivity contribution in [2.75, 3.05) is 20.8 Å². The van der Waals surface area contributed by atoms with Crippen LogP contribution in [-0.2, 0) is 14.4 Å². The van der Waals surface area contributed by atoms with Gasteiger partial charge in [0.25, 0.3) is 5.79 Å². The van der Waals surface area contributed by atoms with Crippen molar-refractivity contribution in [3.63, 3.8) is 0 Å². The van der Waals surface area contributed by atoms with E-state index in [1.807, 2.05) is 0 Å². The fourth-order valence-corrected chi connectivity index (χ4v) is 2.71. The van der Waals surface area contributed by atoms with E-state index in [9.17, 15) is 23.1 Å². The minimum Gasteiger partial charge on any atom is -0.497 e. The van der Waals surface area contributed by atoms with Gasteiger partial charge in [-0.1, -0.05) is 12.1 Å². The third-order valence-corrected chi connectivity index (χ3v) is 3.82. The highest BCUT2D eigenvalue weighted by molar-refractivity contribution is 5.75. The average Bonchev–Trinajstić information content (AvgIpc) is 2.79. The third-order valence-electron chi connectivity index (χ3n) is 3.82. The van der Waals surface area contributed by atoms with Crippen LogP contribution in [0.25, 0.3) is 0 Å². The van der Waals surface area contributed by atoms with Crippen molar-refractivity contribution in [3.8, 4) is 5.75 Å². The van der Waals surface area contributed by atoms with E-state index in [2.05, 4.69) is 4.84 Å². The summed E-state index contributed by atoms with van der Waals surface area (Å²) in [7, 11) is 2.66. The molecule has 0 bridgehead atoms. The van der Waals surface area contributed by atoms with Crippen molar-refractivity contribution in [2.24, 2.45) is 5.92 Å². The first-order valence-corrected chi connectivity index (χ1v) is 7.17. The predicted octanol–water partition coefficient (Wildman–Crippen LogP) is 2.04. The number of rotatable bonds is 4. The number of ether oxygens (including phenoxy) is 2. The van der Waals surface area contributed by atoms with Crippen LogP contribution in [0.2, 0.25) is 0 Å². The fourth-order valence-electron chi connectivity index (χ4n) is 2.71. The third kappa shape index (κ3) is 3.06. The Balaban J connectivity index is 2.48. The lowest BCUT2D eigenvalue weighted by Crippen LogP contribution is -2.53. The van der Waals surface area contributed by atoms with Crippen LogP contribution in [0.1, 0.15) is 18.5 Å². The van der Waals surface area contributed by atoms with Crippen molar-refractivity contribution in [1.82, 2.24) is 5.06 Å². The summed E-state index contributed by atoms with van der Waals surface area (Å²) in [5, 5.41) is 10.9. The Labute approximate surface area is 136 Å². The minimum atomic E-state index is -5.18. The summed E-state index contributed by atoms with van der Waals surface area (Å²) in [6.07, 6.45) is -5.18. The molecule has 0 aromatic heterocycles. The van der Waals surface area contributed by atoms with Gasteiger partial charge in [0.1, 0.15) is 11.7 Å².